The molecule has 0 radical (unpaired) electrons. The number of carbonyl (C=O) groups is 2. The Morgan fingerprint density at radius 1 is 1.00 bits per heavy atom. The number of amides is 2. The molecule has 196 valence electrons. The predicted octanol–water partition coefficient (Wildman–Crippen LogP) is 5.28. The van der Waals surface area contributed by atoms with Crippen molar-refractivity contribution >= 4 is 62.3 Å². The maximum atomic E-state index is 13.6. The van der Waals surface area contributed by atoms with Gasteiger partial charge >= 0.3 is 0 Å². The second-order valence-electron chi connectivity index (χ2n) is 9.01. The Hall–Kier alpha value is -2.00. The van der Waals surface area contributed by atoms with Gasteiger partial charge in [0.1, 0.15) is 12.6 Å². The van der Waals surface area contributed by atoms with Crippen molar-refractivity contribution in [2.45, 2.75) is 57.7 Å². The average molecular weight is 575 g/mol. The van der Waals surface area contributed by atoms with Crippen molar-refractivity contribution in [2.75, 3.05) is 17.1 Å². The van der Waals surface area contributed by atoms with Crippen molar-refractivity contribution in [3.8, 4) is 0 Å². The summed E-state index contributed by atoms with van der Waals surface area (Å²) in [6, 6.07) is 11.1. The molecule has 1 N–H and O–H groups in total. The monoisotopic (exact) mass is 573 g/mol. The molecule has 2 aromatic carbocycles. The van der Waals surface area contributed by atoms with Gasteiger partial charge in [-0.3, -0.25) is 13.9 Å². The summed E-state index contributed by atoms with van der Waals surface area (Å²) in [5.41, 5.74) is 0.836. The number of anilines is 1. The first-order valence-corrected chi connectivity index (χ1v) is 14.7. The van der Waals surface area contributed by atoms with Crippen LogP contribution >= 0.6 is 34.8 Å². The van der Waals surface area contributed by atoms with Crippen molar-refractivity contribution in [3.63, 3.8) is 0 Å². The summed E-state index contributed by atoms with van der Waals surface area (Å²) in [5.74, 6) is -0.831. The Balaban J connectivity index is 1.90. The maximum absolute atomic E-state index is 13.6. The van der Waals surface area contributed by atoms with Crippen LogP contribution in [0, 0.1) is 0 Å². The molecule has 36 heavy (non-hydrogen) atoms. The highest BCUT2D eigenvalue weighted by atomic mass is 35.5. The Kier molecular flexibility index (Phi) is 9.92. The van der Waals surface area contributed by atoms with E-state index in [1.807, 2.05) is 30.3 Å². The van der Waals surface area contributed by atoms with E-state index in [-0.39, 0.29) is 39.2 Å². The van der Waals surface area contributed by atoms with E-state index in [0.29, 0.717) is 0 Å². The number of halogens is 3. The van der Waals surface area contributed by atoms with E-state index in [1.54, 1.807) is 6.92 Å². The highest BCUT2D eigenvalue weighted by molar-refractivity contribution is 7.92. The summed E-state index contributed by atoms with van der Waals surface area (Å²) in [7, 11) is -3.94. The molecule has 2 aromatic rings. The largest absolute Gasteiger partial charge is 0.352 e. The van der Waals surface area contributed by atoms with E-state index in [0.717, 1.165) is 48.2 Å². The van der Waals surface area contributed by atoms with E-state index in [2.05, 4.69) is 5.32 Å². The number of benzene rings is 2. The van der Waals surface area contributed by atoms with Crippen molar-refractivity contribution in [3.05, 3.63) is 63.1 Å². The van der Waals surface area contributed by atoms with E-state index < -0.39 is 28.5 Å². The summed E-state index contributed by atoms with van der Waals surface area (Å²) in [4.78, 5) is 28.1. The van der Waals surface area contributed by atoms with E-state index >= 15 is 0 Å². The molecule has 0 heterocycles. The molecule has 1 saturated carbocycles. The average Bonchev–Trinajstić information content (AvgIpc) is 2.83. The molecule has 1 atom stereocenters. The molecule has 11 heteroatoms. The second kappa shape index (κ2) is 12.5. The topological polar surface area (TPSA) is 86.8 Å². The van der Waals surface area contributed by atoms with Crippen molar-refractivity contribution < 1.29 is 18.0 Å². The zero-order valence-corrected chi connectivity index (χ0v) is 23.3. The normalized spacial score (nSPS) is 15.2. The van der Waals surface area contributed by atoms with Crippen LogP contribution in [0.4, 0.5) is 5.69 Å². The van der Waals surface area contributed by atoms with Gasteiger partial charge in [-0.15, -0.1) is 0 Å². The number of nitrogens with one attached hydrogen (secondary N) is 1. The molecule has 1 aliphatic carbocycles. The Bertz CT molecular complexity index is 1190. The van der Waals surface area contributed by atoms with Crippen LogP contribution in [0.3, 0.4) is 0 Å². The first kappa shape index (κ1) is 28.6. The van der Waals surface area contributed by atoms with Crippen LogP contribution in [-0.4, -0.2) is 50.0 Å². The third-order valence-corrected chi connectivity index (χ3v) is 8.40. The molecule has 0 unspecified atom stereocenters. The van der Waals surface area contributed by atoms with Crippen LogP contribution in [0.1, 0.15) is 44.6 Å². The minimum Gasteiger partial charge on any atom is -0.352 e. The highest BCUT2D eigenvalue weighted by Crippen LogP contribution is 2.35. The first-order chi connectivity index (χ1) is 17.0. The van der Waals surface area contributed by atoms with Crippen LogP contribution in [0.5, 0.6) is 0 Å². The minimum atomic E-state index is -3.94. The number of hydrogen-bond acceptors (Lipinski definition) is 4. The van der Waals surface area contributed by atoms with Gasteiger partial charge in [0.25, 0.3) is 0 Å². The standard InChI is InChI=1S/C25H30Cl3N3O4S/c1-17(25(33)29-19-11-7-4-8-12-19)30(15-18-9-5-3-6-10-18)24(32)16-31(36(2,34)35)23-14-21(27)20(26)13-22(23)28/h3,5-6,9-10,13-14,17,19H,4,7-8,11-12,15-16H2,1-2H3,(H,29,33)/t17-/m1/s1. The van der Waals surface area contributed by atoms with Gasteiger partial charge in [0.05, 0.1) is 27.0 Å². The lowest BCUT2D eigenvalue weighted by molar-refractivity contribution is -0.139. The van der Waals surface area contributed by atoms with Gasteiger partial charge in [0.2, 0.25) is 21.8 Å². The first-order valence-electron chi connectivity index (χ1n) is 11.7. The third-order valence-electron chi connectivity index (χ3n) is 6.25. The molecule has 0 aliphatic heterocycles. The molecule has 2 amide bonds. The van der Waals surface area contributed by atoms with Gasteiger partial charge in [-0.1, -0.05) is 84.4 Å². The molecule has 7 nitrogen and oxygen atoms in total. The number of nitrogens with zero attached hydrogens (tertiary/aromatic N) is 2. The minimum absolute atomic E-state index is 0.0281. The second-order valence-corrected chi connectivity index (χ2v) is 12.1. The fourth-order valence-corrected chi connectivity index (χ4v) is 5.78. The third kappa shape index (κ3) is 7.51. The molecule has 0 aromatic heterocycles. The van der Waals surface area contributed by atoms with Gasteiger partial charge in [-0.25, -0.2) is 8.42 Å². The van der Waals surface area contributed by atoms with Crippen molar-refractivity contribution in [1.29, 1.82) is 0 Å². The van der Waals surface area contributed by atoms with Gasteiger partial charge in [-0.2, -0.15) is 0 Å². The number of hydrogen-bond donors (Lipinski definition) is 1. The molecule has 0 saturated heterocycles. The molecule has 1 aliphatic rings. The van der Waals surface area contributed by atoms with Crippen LogP contribution < -0.4 is 9.62 Å². The van der Waals surface area contributed by atoms with Gasteiger partial charge < -0.3 is 10.2 Å². The predicted molar refractivity (Wildman–Crippen MR) is 145 cm³/mol. The molecule has 0 spiro atoms. The van der Waals surface area contributed by atoms with Crippen LogP contribution in [0.2, 0.25) is 15.1 Å². The van der Waals surface area contributed by atoms with Crippen LogP contribution in [0.25, 0.3) is 0 Å². The molecule has 3 rings (SSSR count). The summed E-state index contributed by atoms with van der Waals surface area (Å²) in [6.45, 7) is 1.21. The lowest BCUT2D eigenvalue weighted by Crippen LogP contribution is -2.53. The molecular weight excluding hydrogens is 545 g/mol. The smallest absolute Gasteiger partial charge is 0.244 e. The summed E-state index contributed by atoms with van der Waals surface area (Å²) < 4.78 is 26.3. The Morgan fingerprint density at radius 2 is 1.61 bits per heavy atom. The van der Waals surface area contributed by atoms with Gasteiger partial charge in [-0.05, 0) is 37.5 Å². The van der Waals surface area contributed by atoms with Crippen LogP contribution in [0.15, 0.2) is 42.5 Å². The lowest BCUT2D eigenvalue weighted by atomic mass is 9.95. The lowest BCUT2D eigenvalue weighted by Gasteiger charge is -2.33. The molecule has 1 fully saturated rings. The number of sulfonamides is 1. The van der Waals surface area contributed by atoms with E-state index in [1.165, 1.54) is 17.0 Å². The van der Waals surface area contributed by atoms with Gasteiger partial charge in [0, 0.05) is 12.6 Å². The molecule has 0 bridgehead atoms. The Morgan fingerprint density at radius 3 is 2.22 bits per heavy atom. The zero-order valence-electron chi connectivity index (χ0n) is 20.2. The number of carbonyl (C=O) groups excluding carboxylic acids is 2. The SMILES string of the molecule is C[C@H](C(=O)NC1CCCCC1)N(Cc1ccccc1)C(=O)CN(c1cc(Cl)c(Cl)cc1Cl)S(C)(=O)=O. The number of rotatable bonds is 9. The van der Waals surface area contributed by atoms with E-state index in [4.69, 9.17) is 34.8 Å². The fourth-order valence-electron chi connectivity index (χ4n) is 4.23. The fraction of sp³-hybridized carbons (Fsp3) is 0.440. The van der Waals surface area contributed by atoms with Crippen molar-refractivity contribution in [1.82, 2.24) is 10.2 Å². The summed E-state index contributed by atoms with van der Waals surface area (Å²) in [5, 5.41) is 3.34. The van der Waals surface area contributed by atoms with Gasteiger partial charge in [0.15, 0.2) is 0 Å². The zero-order chi connectivity index (χ0) is 26.5. The Labute approximate surface area is 227 Å². The van der Waals surface area contributed by atoms with E-state index in [9.17, 15) is 18.0 Å². The molecular formula is C25H30Cl3N3O4S. The highest BCUT2D eigenvalue weighted by Gasteiger charge is 2.32. The van der Waals surface area contributed by atoms with Crippen LogP contribution in [-0.2, 0) is 26.2 Å². The van der Waals surface area contributed by atoms with Crippen molar-refractivity contribution in [2.24, 2.45) is 0 Å². The quantitative estimate of drug-likeness (QED) is 0.413. The summed E-state index contributed by atoms with van der Waals surface area (Å²) >= 11 is 18.4. The maximum Gasteiger partial charge on any atom is 0.244 e. The summed E-state index contributed by atoms with van der Waals surface area (Å²) in [6.07, 6.45) is 6.05.